The van der Waals surface area contributed by atoms with E-state index < -0.39 is 0 Å². The molecule has 0 amide bonds. The molecule has 66 valence electrons. The summed E-state index contributed by atoms with van der Waals surface area (Å²) < 4.78 is 1.64. The minimum Gasteiger partial charge on any atom is -0.369 e. The van der Waals surface area contributed by atoms with Crippen LogP contribution in [-0.2, 0) is 0 Å². The average Bonchev–Trinajstić information content (AvgIpc) is 2.04. The van der Waals surface area contributed by atoms with Crippen LogP contribution in [0.3, 0.4) is 0 Å². The Morgan fingerprint density at radius 1 is 1.58 bits per heavy atom. The maximum absolute atomic E-state index is 11.5. The van der Waals surface area contributed by atoms with E-state index in [0.29, 0.717) is 5.82 Å². The van der Waals surface area contributed by atoms with Crippen molar-refractivity contribution in [1.82, 2.24) is 9.55 Å². The molecule has 0 bridgehead atoms. The summed E-state index contributed by atoms with van der Waals surface area (Å²) in [7, 11) is 1.69. The van der Waals surface area contributed by atoms with Gasteiger partial charge in [0, 0.05) is 25.5 Å². The standard InChI is InChI=1S/C8H13N3O/c1-6(2)11-5-4-10-7(9-3)8(11)12/h4-6H,1-3H3,(H,9,10). The number of aromatic nitrogens is 2. The van der Waals surface area contributed by atoms with Gasteiger partial charge in [-0.3, -0.25) is 4.79 Å². The van der Waals surface area contributed by atoms with Gasteiger partial charge in [-0.2, -0.15) is 0 Å². The van der Waals surface area contributed by atoms with Gasteiger partial charge in [-0.1, -0.05) is 0 Å². The topological polar surface area (TPSA) is 46.9 Å². The molecule has 0 atom stereocenters. The molecule has 1 N–H and O–H groups in total. The summed E-state index contributed by atoms with van der Waals surface area (Å²) in [6, 6.07) is 0.174. The lowest BCUT2D eigenvalue weighted by molar-refractivity contribution is 0.575. The lowest BCUT2D eigenvalue weighted by atomic mass is 10.4. The van der Waals surface area contributed by atoms with E-state index in [1.807, 2.05) is 13.8 Å². The third-order valence-corrected chi connectivity index (χ3v) is 1.66. The van der Waals surface area contributed by atoms with Crippen molar-refractivity contribution in [2.45, 2.75) is 19.9 Å². The minimum atomic E-state index is -0.0741. The first-order valence-electron chi connectivity index (χ1n) is 3.91. The van der Waals surface area contributed by atoms with E-state index in [2.05, 4.69) is 10.3 Å². The van der Waals surface area contributed by atoms with E-state index in [1.165, 1.54) is 0 Å². The van der Waals surface area contributed by atoms with Crippen molar-refractivity contribution in [2.24, 2.45) is 0 Å². The Morgan fingerprint density at radius 3 is 2.75 bits per heavy atom. The second kappa shape index (κ2) is 3.38. The van der Waals surface area contributed by atoms with Crippen LogP contribution < -0.4 is 10.9 Å². The van der Waals surface area contributed by atoms with Crippen LogP contribution in [0.2, 0.25) is 0 Å². The molecule has 0 aromatic carbocycles. The highest BCUT2D eigenvalue weighted by Gasteiger charge is 2.03. The Hall–Kier alpha value is -1.32. The molecule has 0 unspecified atom stereocenters. The average molecular weight is 167 g/mol. The molecule has 0 aliphatic rings. The summed E-state index contributed by atoms with van der Waals surface area (Å²) in [5.74, 6) is 0.395. The predicted molar refractivity (Wildman–Crippen MR) is 48.4 cm³/mol. The fraction of sp³-hybridized carbons (Fsp3) is 0.500. The normalized spacial score (nSPS) is 10.3. The first-order chi connectivity index (χ1) is 5.66. The highest BCUT2D eigenvalue weighted by Crippen LogP contribution is 2.00. The molecule has 0 fully saturated rings. The zero-order chi connectivity index (χ0) is 9.14. The lowest BCUT2D eigenvalue weighted by Crippen LogP contribution is -2.24. The molecular formula is C8H13N3O. The molecule has 1 heterocycles. The molecule has 4 heteroatoms. The van der Waals surface area contributed by atoms with Gasteiger partial charge >= 0.3 is 0 Å². The van der Waals surface area contributed by atoms with Crippen LogP contribution in [-0.4, -0.2) is 16.6 Å². The van der Waals surface area contributed by atoms with E-state index in [9.17, 15) is 4.79 Å². The summed E-state index contributed by atoms with van der Waals surface area (Å²) in [6.07, 6.45) is 3.31. The van der Waals surface area contributed by atoms with Crippen LogP contribution in [0.25, 0.3) is 0 Å². The SMILES string of the molecule is CNc1nccn(C(C)C)c1=O. The third-order valence-electron chi connectivity index (χ3n) is 1.66. The summed E-state index contributed by atoms with van der Waals surface area (Å²) in [5.41, 5.74) is -0.0741. The van der Waals surface area contributed by atoms with Gasteiger partial charge in [-0.25, -0.2) is 4.98 Å². The molecule has 0 saturated heterocycles. The molecule has 1 aromatic heterocycles. The maximum atomic E-state index is 11.5. The fourth-order valence-corrected chi connectivity index (χ4v) is 1.00. The fourth-order valence-electron chi connectivity index (χ4n) is 1.00. The molecule has 4 nitrogen and oxygen atoms in total. The van der Waals surface area contributed by atoms with E-state index >= 15 is 0 Å². The molecule has 1 aromatic rings. The third kappa shape index (κ3) is 1.47. The Bertz CT molecular complexity index is 316. The smallest absolute Gasteiger partial charge is 0.293 e. The Labute approximate surface area is 71.3 Å². The van der Waals surface area contributed by atoms with Crippen LogP contribution >= 0.6 is 0 Å². The maximum Gasteiger partial charge on any atom is 0.293 e. The summed E-state index contributed by atoms with van der Waals surface area (Å²) >= 11 is 0. The van der Waals surface area contributed by atoms with E-state index in [1.54, 1.807) is 24.0 Å². The highest BCUT2D eigenvalue weighted by molar-refractivity contribution is 5.29. The van der Waals surface area contributed by atoms with E-state index in [0.717, 1.165) is 0 Å². The summed E-state index contributed by atoms with van der Waals surface area (Å²) in [5, 5.41) is 2.75. The van der Waals surface area contributed by atoms with Crippen molar-refractivity contribution in [3.8, 4) is 0 Å². The van der Waals surface area contributed by atoms with Crippen LogP contribution in [0.4, 0.5) is 5.82 Å². The first kappa shape index (κ1) is 8.77. The van der Waals surface area contributed by atoms with Gasteiger partial charge in [0.15, 0.2) is 5.82 Å². The quantitative estimate of drug-likeness (QED) is 0.710. The summed E-state index contributed by atoms with van der Waals surface area (Å²) in [4.78, 5) is 15.4. The van der Waals surface area contributed by atoms with E-state index in [4.69, 9.17) is 0 Å². The van der Waals surface area contributed by atoms with Crippen molar-refractivity contribution in [3.63, 3.8) is 0 Å². The zero-order valence-corrected chi connectivity index (χ0v) is 7.53. The van der Waals surface area contributed by atoms with Gasteiger partial charge < -0.3 is 9.88 Å². The van der Waals surface area contributed by atoms with Gasteiger partial charge in [-0.15, -0.1) is 0 Å². The number of hydrogen-bond donors (Lipinski definition) is 1. The second-order valence-electron chi connectivity index (χ2n) is 2.83. The van der Waals surface area contributed by atoms with Gasteiger partial charge in [0.2, 0.25) is 0 Å². The summed E-state index contributed by atoms with van der Waals surface area (Å²) in [6.45, 7) is 3.92. The first-order valence-corrected chi connectivity index (χ1v) is 3.91. The second-order valence-corrected chi connectivity index (χ2v) is 2.83. The van der Waals surface area contributed by atoms with Crippen LogP contribution in [0, 0.1) is 0 Å². The highest BCUT2D eigenvalue weighted by atomic mass is 16.1. The molecule has 0 aliphatic heterocycles. The van der Waals surface area contributed by atoms with Crippen molar-refractivity contribution in [3.05, 3.63) is 22.7 Å². The van der Waals surface area contributed by atoms with Gasteiger partial charge in [0.1, 0.15) is 0 Å². The molecular weight excluding hydrogens is 154 g/mol. The van der Waals surface area contributed by atoms with Crippen LogP contribution in [0.15, 0.2) is 17.2 Å². The lowest BCUT2D eigenvalue weighted by Gasteiger charge is -2.09. The number of nitrogens with one attached hydrogen (secondary N) is 1. The number of nitrogens with zero attached hydrogens (tertiary/aromatic N) is 2. The Morgan fingerprint density at radius 2 is 2.25 bits per heavy atom. The molecule has 12 heavy (non-hydrogen) atoms. The molecule has 0 saturated carbocycles. The van der Waals surface area contributed by atoms with Crippen molar-refractivity contribution < 1.29 is 0 Å². The van der Waals surface area contributed by atoms with Crippen molar-refractivity contribution in [1.29, 1.82) is 0 Å². The van der Waals surface area contributed by atoms with Crippen molar-refractivity contribution in [2.75, 3.05) is 12.4 Å². The van der Waals surface area contributed by atoms with E-state index in [-0.39, 0.29) is 11.6 Å². The molecule has 1 rings (SSSR count). The van der Waals surface area contributed by atoms with Crippen molar-refractivity contribution >= 4 is 5.82 Å². The van der Waals surface area contributed by atoms with Gasteiger partial charge in [-0.05, 0) is 13.8 Å². The predicted octanol–water partition coefficient (Wildman–Crippen LogP) is 0.866. The number of hydrogen-bond acceptors (Lipinski definition) is 3. The molecule has 0 radical (unpaired) electrons. The number of rotatable bonds is 2. The Kier molecular flexibility index (Phi) is 2.47. The number of anilines is 1. The zero-order valence-electron chi connectivity index (χ0n) is 7.53. The molecule has 0 spiro atoms. The van der Waals surface area contributed by atoms with Gasteiger partial charge in [0.25, 0.3) is 5.56 Å². The largest absolute Gasteiger partial charge is 0.369 e. The van der Waals surface area contributed by atoms with Crippen LogP contribution in [0.1, 0.15) is 19.9 Å². The van der Waals surface area contributed by atoms with Gasteiger partial charge in [0.05, 0.1) is 0 Å². The van der Waals surface area contributed by atoms with Crippen LogP contribution in [0.5, 0.6) is 0 Å². The monoisotopic (exact) mass is 167 g/mol. The molecule has 0 aliphatic carbocycles. The Balaban J connectivity index is 3.24. The minimum absolute atomic E-state index is 0.0741.